The summed E-state index contributed by atoms with van der Waals surface area (Å²) >= 11 is 0. The lowest BCUT2D eigenvalue weighted by Gasteiger charge is -2.17. The molecule has 0 aliphatic rings. The fourth-order valence-corrected chi connectivity index (χ4v) is 2.39. The van der Waals surface area contributed by atoms with Gasteiger partial charge in [-0.1, -0.05) is 0 Å². The van der Waals surface area contributed by atoms with E-state index in [2.05, 4.69) is 20.6 Å². The molecule has 2 rings (SSSR count). The highest BCUT2D eigenvalue weighted by molar-refractivity contribution is 14.0. The van der Waals surface area contributed by atoms with Gasteiger partial charge >= 0.3 is 0 Å². The zero-order valence-electron chi connectivity index (χ0n) is 13.6. The lowest BCUT2D eigenvalue weighted by atomic mass is 10.1. The van der Waals surface area contributed by atoms with E-state index < -0.39 is 0 Å². The summed E-state index contributed by atoms with van der Waals surface area (Å²) in [6, 6.07) is 4.96. The molecule has 0 saturated heterocycles. The normalized spacial score (nSPS) is 12.8. The van der Waals surface area contributed by atoms with E-state index in [9.17, 15) is 4.39 Å². The number of hydrogen-bond donors (Lipinski definition) is 3. The van der Waals surface area contributed by atoms with Crippen LogP contribution in [0, 0.1) is 5.82 Å². The van der Waals surface area contributed by atoms with Gasteiger partial charge in [0.25, 0.3) is 0 Å². The molecule has 5 nitrogen and oxygen atoms in total. The van der Waals surface area contributed by atoms with Gasteiger partial charge in [0.1, 0.15) is 5.82 Å². The summed E-state index contributed by atoms with van der Waals surface area (Å²) in [5.41, 5.74) is 2.04. The second kappa shape index (κ2) is 9.71. The number of rotatable bonds is 6. The van der Waals surface area contributed by atoms with Gasteiger partial charge in [0, 0.05) is 43.8 Å². The van der Waals surface area contributed by atoms with Gasteiger partial charge < -0.3 is 20.4 Å². The van der Waals surface area contributed by atoms with E-state index in [1.165, 1.54) is 6.07 Å². The Morgan fingerprint density at radius 3 is 2.91 bits per heavy atom. The monoisotopic (exact) mass is 434 g/mol. The van der Waals surface area contributed by atoms with Crippen molar-refractivity contribution < 1.29 is 9.13 Å². The number of benzene rings is 1. The van der Waals surface area contributed by atoms with Gasteiger partial charge in [0.05, 0.1) is 6.61 Å². The molecule has 0 spiro atoms. The van der Waals surface area contributed by atoms with E-state index in [1.54, 1.807) is 26.3 Å². The molecule has 1 unspecified atom stereocenters. The number of methoxy groups -OCH3 is 1. The molecule has 23 heavy (non-hydrogen) atoms. The van der Waals surface area contributed by atoms with Crippen LogP contribution >= 0.6 is 24.0 Å². The quantitative estimate of drug-likeness (QED) is 0.372. The largest absolute Gasteiger partial charge is 0.383 e. The van der Waals surface area contributed by atoms with Crippen LogP contribution < -0.4 is 10.6 Å². The van der Waals surface area contributed by atoms with Gasteiger partial charge in [-0.2, -0.15) is 0 Å². The zero-order valence-corrected chi connectivity index (χ0v) is 16.0. The van der Waals surface area contributed by atoms with Gasteiger partial charge in [-0.05, 0) is 37.1 Å². The Bertz CT molecular complexity index is 644. The number of H-pyrrole nitrogens is 1. The lowest BCUT2D eigenvalue weighted by Crippen LogP contribution is -2.44. The molecule has 2 aromatic rings. The van der Waals surface area contributed by atoms with Crippen molar-refractivity contribution in [2.45, 2.75) is 19.4 Å². The van der Waals surface area contributed by atoms with Crippen LogP contribution in [0.5, 0.6) is 0 Å². The summed E-state index contributed by atoms with van der Waals surface area (Å²) in [5, 5.41) is 7.42. The number of guanidine groups is 1. The smallest absolute Gasteiger partial charge is 0.191 e. The Morgan fingerprint density at radius 1 is 1.43 bits per heavy atom. The molecule has 0 aliphatic carbocycles. The van der Waals surface area contributed by atoms with E-state index in [1.807, 2.05) is 13.1 Å². The molecular weight excluding hydrogens is 410 g/mol. The van der Waals surface area contributed by atoms with Crippen LogP contribution in [0.15, 0.2) is 29.4 Å². The summed E-state index contributed by atoms with van der Waals surface area (Å²) in [6.07, 6.45) is 2.71. The Balaban J connectivity index is 0.00000264. The highest BCUT2D eigenvalue weighted by atomic mass is 127. The minimum atomic E-state index is -0.216. The Labute approximate surface area is 153 Å². The number of hydrogen-bond acceptors (Lipinski definition) is 2. The highest BCUT2D eigenvalue weighted by Crippen LogP contribution is 2.19. The molecule has 1 aromatic heterocycles. The van der Waals surface area contributed by atoms with Crippen LogP contribution in [-0.2, 0) is 11.2 Å². The van der Waals surface area contributed by atoms with Crippen LogP contribution in [0.4, 0.5) is 4.39 Å². The summed E-state index contributed by atoms with van der Waals surface area (Å²) in [5.74, 6) is 0.516. The third-order valence-corrected chi connectivity index (χ3v) is 3.44. The third-order valence-electron chi connectivity index (χ3n) is 3.44. The maximum absolute atomic E-state index is 13.3. The molecule has 0 radical (unpaired) electrons. The van der Waals surface area contributed by atoms with Crippen LogP contribution in [0.2, 0.25) is 0 Å². The van der Waals surface area contributed by atoms with Crippen molar-refractivity contribution in [3.8, 4) is 0 Å². The predicted molar refractivity (Wildman–Crippen MR) is 103 cm³/mol. The number of nitrogens with one attached hydrogen (secondary N) is 3. The van der Waals surface area contributed by atoms with E-state index in [4.69, 9.17) is 4.74 Å². The average Bonchev–Trinajstić information content (AvgIpc) is 2.89. The predicted octanol–water partition coefficient (Wildman–Crippen LogP) is 2.67. The summed E-state index contributed by atoms with van der Waals surface area (Å²) in [4.78, 5) is 7.34. The van der Waals surface area contributed by atoms with Crippen molar-refractivity contribution in [3.63, 3.8) is 0 Å². The molecule has 3 N–H and O–H groups in total. The zero-order chi connectivity index (χ0) is 15.9. The van der Waals surface area contributed by atoms with Crippen LogP contribution in [0.3, 0.4) is 0 Å². The van der Waals surface area contributed by atoms with E-state index in [0.717, 1.165) is 28.8 Å². The molecule has 128 valence electrons. The van der Waals surface area contributed by atoms with Gasteiger partial charge in [0.2, 0.25) is 0 Å². The lowest BCUT2D eigenvalue weighted by molar-refractivity contribution is 0.179. The standard InChI is InChI=1S/C16H23FN4O.HI/c1-11(10-22-3)21-16(18-2)19-7-6-12-9-20-15-5-4-13(17)8-14(12)15;/h4-5,8-9,11,20H,6-7,10H2,1-3H3,(H2,18,19,21);1H. The van der Waals surface area contributed by atoms with E-state index >= 15 is 0 Å². The molecule has 1 heterocycles. The molecule has 0 aliphatic heterocycles. The van der Waals surface area contributed by atoms with Crippen molar-refractivity contribution in [3.05, 3.63) is 35.8 Å². The molecule has 7 heteroatoms. The molecule has 0 bridgehead atoms. The molecular formula is C16H24FIN4O. The highest BCUT2D eigenvalue weighted by Gasteiger charge is 2.07. The minimum Gasteiger partial charge on any atom is -0.383 e. The maximum atomic E-state index is 13.3. The number of ether oxygens (including phenoxy) is 1. The maximum Gasteiger partial charge on any atom is 0.191 e. The Morgan fingerprint density at radius 2 is 2.22 bits per heavy atom. The first-order valence-electron chi connectivity index (χ1n) is 7.35. The first kappa shape index (κ1) is 19.7. The fraction of sp³-hybridized carbons (Fsp3) is 0.438. The molecule has 0 amide bonds. The van der Waals surface area contributed by atoms with Crippen LogP contribution in [0.1, 0.15) is 12.5 Å². The van der Waals surface area contributed by atoms with E-state index in [-0.39, 0.29) is 35.8 Å². The van der Waals surface area contributed by atoms with Crippen molar-refractivity contribution in [1.82, 2.24) is 15.6 Å². The number of fused-ring (bicyclic) bond motifs is 1. The number of aromatic nitrogens is 1. The first-order valence-corrected chi connectivity index (χ1v) is 7.35. The number of halogens is 2. The van der Waals surface area contributed by atoms with Crippen molar-refractivity contribution >= 4 is 40.8 Å². The summed E-state index contributed by atoms with van der Waals surface area (Å²) in [7, 11) is 3.40. The number of aliphatic imine (C=N–C) groups is 1. The topological polar surface area (TPSA) is 61.4 Å². The number of nitrogens with zero attached hydrogens (tertiary/aromatic N) is 1. The second-order valence-electron chi connectivity index (χ2n) is 5.25. The molecule has 1 atom stereocenters. The van der Waals surface area contributed by atoms with Crippen molar-refractivity contribution in [2.24, 2.45) is 4.99 Å². The van der Waals surface area contributed by atoms with Gasteiger partial charge in [-0.25, -0.2) is 4.39 Å². The van der Waals surface area contributed by atoms with E-state index in [0.29, 0.717) is 13.2 Å². The molecule has 1 aromatic carbocycles. The fourth-order valence-electron chi connectivity index (χ4n) is 2.39. The Kier molecular flexibility index (Phi) is 8.32. The Hall–Kier alpha value is -1.35. The third kappa shape index (κ3) is 5.65. The minimum absolute atomic E-state index is 0. The molecule has 0 fully saturated rings. The van der Waals surface area contributed by atoms with Gasteiger partial charge in [-0.3, -0.25) is 4.99 Å². The summed E-state index contributed by atoms with van der Waals surface area (Å²) in [6.45, 7) is 3.35. The average molecular weight is 434 g/mol. The van der Waals surface area contributed by atoms with Gasteiger partial charge in [-0.15, -0.1) is 24.0 Å². The van der Waals surface area contributed by atoms with Crippen LogP contribution in [0.25, 0.3) is 10.9 Å². The summed E-state index contributed by atoms with van der Waals surface area (Å²) < 4.78 is 18.4. The molecule has 0 saturated carbocycles. The SMILES string of the molecule is CN=C(NCCc1c[nH]c2ccc(F)cc12)NC(C)COC.I. The van der Waals surface area contributed by atoms with Crippen molar-refractivity contribution in [2.75, 3.05) is 27.3 Å². The first-order chi connectivity index (χ1) is 10.6. The van der Waals surface area contributed by atoms with Crippen molar-refractivity contribution in [1.29, 1.82) is 0 Å². The van der Waals surface area contributed by atoms with Gasteiger partial charge in [0.15, 0.2) is 5.96 Å². The number of aromatic amines is 1. The van der Waals surface area contributed by atoms with Crippen LogP contribution in [-0.4, -0.2) is 44.3 Å². The second-order valence-corrected chi connectivity index (χ2v) is 5.25.